The van der Waals surface area contributed by atoms with Crippen LogP contribution in [0.4, 0.5) is 4.79 Å². The Bertz CT molecular complexity index is 692. The molecule has 0 aromatic heterocycles. The average molecular weight is 279 g/mol. The minimum absolute atomic E-state index is 0.0575. The summed E-state index contributed by atoms with van der Waals surface area (Å²) in [5.74, 6) is -0.352. The smallest absolute Gasteiger partial charge is 0.404 e. The van der Waals surface area contributed by atoms with Crippen LogP contribution >= 0.6 is 0 Å². The van der Waals surface area contributed by atoms with Crippen LogP contribution in [0, 0.1) is 0 Å². The van der Waals surface area contributed by atoms with Crippen LogP contribution in [0.25, 0.3) is 6.08 Å². The van der Waals surface area contributed by atoms with E-state index in [4.69, 9.17) is 4.74 Å². The zero-order valence-corrected chi connectivity index (χ0v) is 11.2. The fourth-order valence-electron chi connectivity index (χ4n) is 2.10. The monoisotopic (exact) mass is 279 g/mol. The average Bonchev–Trinajstić information content (AvgIpc) is 2.77. The summed E-state index contributed by atoms with van der Waals surface area (Å²) in [6.45, 7) is 0.213. The van der Waals surface area contributed by atoms with Gasteiger partial charge in [0.1, 0.15) is 0 Å². The number of nitrogens with zero attached hydrogens (tertiary/aromatic N) is 1. The Hall–Kier alpha value is -2.88. The summed E-state index contributed by atoms with van der Waals surface area (Å²) in [5.41, 5.74) is 1.69. The molecule has 4 heteroatoms. The predicted octanol–water partition coefficient (Wildman–Crippen LogP) is 3.21. The van der Waals surface area contributed by atoms with E-state index in [0.29, 0.717) is 0 Å². The molecular formula is C17H13NO3. The molecule has 0 spiro atoms. The third-order valence-electron chi connectivity index (χ3n) is 3.15. The highest BCUT2D eigenvalue weighted by Crippen LogP contribution is 2.21. The van der Waals surface area contributed by atoms with Gasteiger partial charge in [0.15, 0.2) is 5.76 Å². The van der Waals surface area contributed by atoms with E-state index in [1.165, 1.54) is 0 Å². The maximum atomic E-state index is 12.2. The molecule has 0 N–H and O–H groups in total. The molecule has 104 valence electrons. The van der Waals surface area contributed by atoms with Gasteiger partial charge in [0.2, 0.25) is 0 Å². The topological polar surface area (TPSA) is 46.6 Å². The van der Waals surface area contributed by atoms with Gasteiger partial charge in [0, 0.05) is 0 Å². The van der Waals surface area contributed by atoms with Crippen molar-refractivity contribution in [3.8, 4) is 0 Å². The van der Waals surface area contributed by atoms with Gasteiger partial charge < -0.3 is 4.74 Å². The van der Waals surface area contributed by atoms with Crippen molar-refractivity contribution in [3.05, 3.63) is 77.5 Å². The first kappa shape index (κ1) is 13.1. The largest absolute Gasteiger partial charge is 0.422 e. The van der Waals surface area contributed by atoms with Crippen LogP contribution in [-0.4, -0.2) is 16.9 Å². The summed E-state index contributed by atoms with van der Waals surface area (Å²) < 4.78 is 5.06. The number of amides is 2. The summed E-state index contributed by atoms with van der Waals surface area (Å²) >= 11 is 0. The number of hydrogen-bond acceptors (Lipinski definition) is 3. The van der Waals surface area contributed by atoms with Crippen molar-refractivity contribution in [1.82, 2.24) is 4.90 Å². The van der Waals surface area contributed by atoms with Crippen LogP contribution in [0.5, 0.6) is 0 Å². The SMILES string of the molecule is O=C1O/C(=C\c2ccccc2)C(=O)N1Cc1ccccc1. The number of ether oxygens (including phenoxy) is 1. The van der Waals surface area contributed by atoms with Crippen molar-refractivity contribution >= 4 is 18.1 Å². The second-order valence-corrected chi connectivity index (χ2v) is 4.66. The van der Waals surface area contributed by atoms with Crippen LogP contribution in [0.1, 0.15) is 11.1 Å². The van der Waals surface area contributed by atoms with Crippen LogP contribution in [0.15, 0.2) is 66.4 Å². The van der Waals surface area contributed by atoms with Crippen molar-refractivity contribution in [2.45, 2.75) is 6.54 Å². The minimum atomic E-state index is -0.633. The van der Waals surface area contributed by atoms with E-state index < -0.39 is 12.0 Å². The molecule has 1 aliphatic heterocycles. The van der Waals surface area contributed by atoms with Gasteiger partial charge in [0.05, 0.1) is 6.54 Å². The van der Waals surface area contributed by atoms with Crippen LogP contribution in [0.2, 0.25) is 0 Å². The molecule has 2 aromatic carbocycles. The summed E-state index contributed by atoms with van der Waals surface area (Å²) in [6, 6.07) is 18.6. The molecule has 0 aliphatic carbocycles. The number of carbonyl (C=O) groups is 2. The Morgan fingerprint density at radius 1 is 0.905 bits per heavy atom. The molecule has 1 saturated heterocycles. The van der Waals surface area contributed by atoms with Crippen LogP contribution in [-0.2, 0) is 16.1 Å². The van der Waals surface area contributed by atoms with Crippen LogP contribution in [0.3, 0.4) is 0 Å². The van der Waals surface area contributed by atoms with E-state index in [1.807, 2.05) is 60.7 Å². The lowest BCUT2D eigenvalue weighted by molar-refractivity contribution is -0.123. The minimum Gasteiger partial charge on any atom is -0.404 e. The summed E-state index contributed by atoms with van der Waals surface area (Å²) in [7, 11) is 0. The Kier molecular flexibility index (Phi) is 3.51. The quantitative estimate of drug-likeness (QED) is 0.810. The van der Waals surface area contributed by atoms with Gasteiger partial charge >= 0.3 is 6.09 Å². The predicted molar refractivity (Wildman–Crippen MR) is 77.9 cm³/mol. The Morgan fingerprint density at radius 3 is 2.19 bits per heavy atom. The fraction of sp³-hybridized carbons (Fsp3) is 0.0588. The lowest BCUT2D eigenvalue weighted by atomic mass is 10.2. The highest BCUT2D eigenvalue weighted by molar-refractivity contribution is 6.09. The summed E-state index contributed by atoms with van der Waals surface area (Å²) in [4.78, 5) is 25.2. The zero-order valence-electron chi connectivity index (χ0n) is 11.2. The van der Waals surface area contributed by atoms with Crippen molar-refractivity contribution in [2.24, 2.45) is 0 Å². The van der Waals surface area contributed by atoms with Gasteiger partial charge in [-0.25, -0.2) is 9.69 Å². The Labute approximate surface area is 122 Å². The second-order valence-electron chi connectivity index (χ2n) is 4.66. The van der Waals surface area contributed by atoms with E-state index in [0.717, 1.165) is 16.0 Å². The van der Waals surface area contributed by atoms with Gasteiger partial charge in [0.25, 0.3) is 5.91 Å². The molecule has 0 radical (unpaired) electrons. The normalized spacial score (nSPS) is 16.4. The van der Waals surface area contributed by atoms with Crippen LogP contribution < -0.4 is 0 Å². The Balaban J connectivity index is 1.81. The molecule has 0 atom stereocenters. The summed E-state index contributed by atoms with van der Waals surface area (Å²) in [5, 5.41) is 0. The fourth-order valence-corrected chi connectivity index (χ4v) is 2.10. The van der Waals surface area contributed by atoms with E-state index >= 15 is 0 Å². The number of imide groups is 1. The standard InChI is InChI=1S/C17H13NO3/c19-16-15(11-13-7-3-1-4-8-13)21-17(20)18(16)12-14-9-5-2-6-10-14/h1-11H,12H2/b15-11-. The van der Waals surface area contributed by atoms with Gasteiger partial charge in [-0.2, -0.15) is 0 Å². The molecule has 1 aliphatic rings. The van der Waals surface area contributed by atoms with Crippen molar-refractivity contribution in [2.75, 3.05) is 0 Å². The van der Waals surface area contributed by atoms with Crippen molar-refractivity contribution in [1.29, 1.82) is 0 Å². The molecule has 4 nitrogen and oxygen atoms in total. The maximum absolute atomic E-state index is 12.2. The first-order valence-corrected chi connectivity index (χ1v) is 6.58. The molecule has 0 bridgehead atoms. The van der Waals surface area contributed by atoms with Gasteiger partial charge in [-0.05, 0) is 17.2 Å². The molecule has 0 unspecified atom stereocenters. The molecule has 1 heterocycles. The van der Waals surface area contributed by atoms with Crippen molar-refractivity contribution in [3.63, 3.8) is 0 Å². The Morgan fingerprint density at radius 2 is 1.52 bits per heavy atom. The number of carbonyl (C=O) groups excluding carboxylic acids is 2. The highest BCUT2D eigenvalue weighted by Gasteiger charge is 2.36. The number of benzene rings is 2. The van der Waals surface area contributed by atoms with Gasteiger partial charge in [-0.15, -0.1) is 0 Å². The third-order valence-corrected chi connectivity index (χ3v) is 3.15. The first-order chi connectivity index (χ1) is 10.2. The van der Waals surface area contributed by atoms with E-state index in [1.54, 1.807) is 6.08 Å². The van der Waals surface area contributed by atoms with E-state index in [9.17, 15) is 9.59 Å². The molecule has 2 amide bonds. The number of rotatable bonds is 3. The lowest BCUT2D eigenvalue weighted by Crippen LogP contribution is -2.28. The number of cyclic esters (lactones) is 1. The molecular weight excluding hydrogens is 266 g/mol. The van der Waals surface area contributed by atoms with E-state index in [-0.39, 0.29) is 12.3 Å². The van der Waals surface area contributed by atoms with Gasteiger partial charge in [-0.1, -0.05) is 60.7 Å². The summed E-state index contributed by atoms with van der Waals surface area (Å²) in [6.07, 6.45) is 0.941. The van der Waals surface area contributed by atoms with Crippen molar-refractivity contribution < 1.29 is 14.3 Å². The molecule has 1 fully saturated rings. The van der Waals surface area contributed by atoms with E-state index in [2.05, 4.69) is 0 Å². The molecule has 3 rings (SSSR count). The zero-order chi connectivity index (χ0) is 14.7. The maximum Gasteiger partial charge on any atom is 0.422 e. The first-order valence-electron chi connectivity index (χ1n) is 6.58. The molecule has 21 heavy (non-hydrogen) atoms. The lowest BCUT2D eigenvalue weighted by Gasteiger charge is -2.09. The highest BCUT2D eigenvalue weighted by atomic mass is 16.6. The van der Waals surface area contributed by atoms with Gasteiger partial charge in [-0.3, -0.25) is 4.79 Å². The number of hydrogen-bond donors (Lipinski definition) is 0. The molecule has 0 saturated carbocycles. The third kappa shape index (κ3) is 2.84. The molecule has 2 aromatic rings. The second kappa shape index (κ2) is 5.63.